The van der Waals surface area contributed by atoms with Crippen molar-refractivity contribution in [3.8, 4) is 12.3 Å². The summed E-state index contributed by atoms with van der Waals surface area (Å²) in [6.07, 6.45) is 5.37. The van der Waals surface area contributed by atoms with Crippen molar-refractivity contribution in [2.75, 3.05) is 19.8 Å². The predicted octanol–water partition coefficient (Wildman–Crippen LogP) is 2.93. The molecule has 3 aliphatic heterocycles. The molecular formula is C19H15FO3. The highest BCUT2D eigenvalue weighted by atomic mass is 19.1. The maximum Gasteiger partial charge on any atom is 0.312 e. The molecule has 0 unspecified atom stereocenters. The van der Waals surface area contributed by atoms with Gasteiger partial charge in [0.15, 0.2) is 0 Å². The molecular weight excluding hydrogens is 295 g/mol. The summed E-state index contributed by atoms with van der Waals surface area (Å²) in [5, 5.41) is 0. The summed E-state index contributed by atoms with van der Waals surface area (Å²) in [5.41, 5.74) is 1.91. The molecule has 4 heteroatoms. The molecule has 3 heterocycles. The molecule has 3 aliphatic rings. The van der Waals surface area contributed by atoms with Crippen LogP contribution < -0.4 is 0 Å². The SMILES string of the molecule is C#Cc1ccc(C23OCC(c4cccc(F)c4)(CO2)CO3)cc1. The van der Waals surface area contributed by atoms with Gasteiger partial charge >= 0.3 is 5.97 Å². The molecule has 0 radical (unpaired) electrons. The maximum atomic E-state index is 13.5. The molecule has 3 nitrogen and oxygen atoms in total. The van der Waals surface area contributed by atoms with E-state index in [0.717, 1.165) is 16.7 Å². The lowest BCUT2D eigenvalue weighted by molar-refractivity contribution is -0.466. The van der Waals surface area contributed by atoms with Crippen molar-refractivity contribution in [2.45, 2.75) is 11.4 Å². The fourth-order valence-corrected chi connectivity index (χ4v) is 3.04. The van der Waals surface area contributed by atoms with E-state index in [1.165, 1.54) is 12.1 Å². The highest BCUT2D eigenvalue weighted by molar-refractivity contribution is 5.36. The van der Waals surface area contributed by atoms with E-state index in [0.29, 0.717) is 19.8 Å². The summed E-state index contributed by atoms with van der Waals surface area (Å²) >= 11 is 0. The van der Waals surface area contributed by atoms with Crippen LogP contribution in [0.25, 0.3) is 0 Å². The number of fused-ring (bicyclic) bond motifs is 3. The first kappa shape index (κ1) is 14.4. The van der Waals surface area contributed by atoms with E-state index in [1.54, 1.807) is 6.07 Å². The number of halogens is 1. The summed E-state index contributed by atoms with van der Waals surface area (Å²) in [5.74, 6) is 1.11. The quantitative estimate of drug-likeness (QED) is 0.798. The number of hydrogen-bond acceptors (Lipinski definition) is 3. The minimum absolute atomic E-state index is 0.274. The molecule has 2 bridgehead atoms. The van der Waals surface area contributed by atoms with Crippen molar-refractivity contribution in [3.05, 3.63) is 71.0 Å². The van der Waals surface area contributed by atoms with Crippen LogP contribution in [0.5, 0.6) is 0 Å². The lowest BCUT2D eigenvalue weighted by atomic mass is 9.80. The Morgan fingerprint density at radius 2 is 1.57 bits per heavy atom. The first-order valence-electron chi connectivity index (χ1n) is 7.41. The van der Waals surface area contributed by atoms with E-state index in [4.69, 9.17) is 20.6 Å². The van der Waals surface area contributed by atoms with Crippen molar-refractivity contribution in [1.29, 1.82) is 0 Å². The zero-order valence-electron chi connectivity index (χ0n) is 12.4. The van der Waals surface area contributed by atoms with Gasteiger partial charge in [-0.3, -0.25) is 0 Å². The standard InChI is InChI=1S/C19H15FO3/c1-2-14-6-8-15(9-7-14)19-21-11-18(12-22-19,13-23-19)16-4-3-5-17(20)10-16/h1,3-10H,11-13H2. The van der Waals surface area contributed by atoms with Gasteiger partial charge < -0.3 is 14.2 Å². The van der Waals surface area contributed by atoms with Gasteiger partial charge in [0, 0.05) is 11.1 Å². The first-order chi connectivity index (χ1) is 11.2. The van der Waals surface area contributed by atoms with Gasteiger partial charge in [-0.25, -0.2) is 4.39 Å². The molecule has 0 aliphatic carbocycles. The summed E-state index contributed by atoms with van der Waals surface area (Å²) in [6.45, 7) is 1.23. The molecule has 0 aromatic heterocycles. The highest BCUT2D eigenvalue weighted by Crippen LogP contribution is 2.45. The van der Waals surface area contributed by atoms with Gasteiger partial charge in [-0.1, -0.05) is 18.1 Å². The van der Waals surface area contributed by atoms with Crippen LogP contribution in [0.1, 0.15) is 16.7 Å². The van der Waals surface area contributed by atoms with Crippen LogP contribution in [0.2, 0.25) is 0 Å². The van der Waals surface area contributed by atoms with Gasteiger partial charge in [0.2, 0.25) is 0 Å². The van der Waals surface area contributed by atoms with E-state index in [1.807, 2.05) is 30.3 Å². The van der Waals surface area contributed by atoms with Crippen molar-refractivity contribution < 1.29 is 18.6 Å². The van der Waals surface area contributed by atoms with Crippen LogP contribution in [-0.4, -0.2) is 19.8 Å². The lowest BCUT2D eigenvalue weighted by Gasteiger charge is -2.52. The number of terminal acetylenes is 1. The van der Waals surface area contributed by atoms with Crippen LogP contribution in [0, 0.1) is 18.2 Å². The minimum Gasteiger partial charge on any atom is -0.322 e. The molecule has 0 saturated carbocycles. The van der Waals surface area contributed by atoms with E-state index < -0.39 is 11.4 Å². The normalized spacial score (nSPS) is 29.2. The third-order valence-electron chi connectivity index (χ3n) is 4.46. The second kappa shape index (κ2) is 5.17. The molecule has 0 N–H and O–H groups in total. The largest absolute Gasteiger partial charge is 0.322 e. The number of rotatable bonds is 2. The third-order valence-corrected chi connectivity index (χ3v) is 4.46. The number of benzene rings is 2. The van der Waals surface area contributed by atoms with Crippen molar-refractivity contribution in [1.82, 2.24) is 0 Å². The molecule has 0 spiro atoms. The molecule has 5 rings (SSSR count). The first-order valence-corrected chi connectivity index (χ1v) is 7.41. The van der Waals surface area contributed by atoms with Crippen LogP contribution in [0.4, 0.5) is 4.39 Å². The fraction of sp³-hybridized carbons (Fsp3) is 0.263. The molecule has 0 amide bonds. The van der Waals surface area contributed by atoms with Gasteiger partial charge in [-0.05, 0) is 42.0 Å². The predicted molar refractivity (Wildman–Crippen MR) is 82.0 cm³/mol. The van der Waals surface area contributed by atoms with E-state index >= 15 is 0 Å². The Kier molecular flexibility index (Phi) is 3.24. The highest BCUT2D eigenvalue weighted by Gasteiger charge is 2.54. The zero-order valence-corrected chi connectivity index (χ0v) is 12.4. The van der Waals surface area contributed by atoms with Crippen LogP contribution in [-0.2, 0) is 25.6 Å². The summed E-state index contributed by atoms with van der Waals surface area (Å²) in [7, 11) is 0. The van der Waals surface area contributed by atoms with Gasteiger partial charge in [-0.15, -0.1) is 6.42 Å². The maximum absolute atomic E-state index is 13.5. The molecule has 2 aromatic rings. The summed E-state index contributed by atoms with van der Waals surface area (Å²) < 4.78 is 31.2. The Hall–Kier alpha value is -2.19. The second-order valence-electron chi connectivity index (χ2n) is 5.93. The molecule has 3 saturated heterocycles. The molecule has 0 atom stereocenters. The van der Waals surface area contributed by atoms with Gasteiger partial charge in [-0.2, -0.15) is 0 Å². The average Bonchev–Trinajstić information content (AvgIpc) is 2.63. The summed E-state index contributed by atoms with van der Waals surface area (Å²) in [4.78, 5) is 0. The van der Waals surface area contributed by atoms with E-state index in [-0.39, 0.29) is 5.82 Å². The summed E-state index contributed by atoms with van der Waals surface area (Å²) in [6, 6.07) is 13.8. The topological polar surface area (TPSA) is 27.7 Å². The van der Waals surface area contributed by atoms with E-state index in [2.05, 4.69) is 5.92 Å². The molecule has 3 fully saturated rings. The van der Waals surface area contributed by atoms with Gasteiger partial charge in [0.25, 0.3) is 0 Å². The Bertz CT molecular complexity index is 751. The third kappa shape index (κ3) is 2.25. The van der Waals surface area contributed by atoms with Crippen LogP contribution >= 0.6 is 0 Å². The minimum atomic E-state index is -1.19. The Morgan fingerprint density at radius 3 is 2.13 bits per heavy atom. The Balaban J connectivity index is 1.61. The number of hydrogen-bond donors (Lipinski definition) is 0. The van der Waals surface area contributed by atoms with Crippen molar-refractivity contribution >= 4 is 0 Å². The monoisotopic (exact) mass is 310 g/mol. The second-order valence-corrected chi connectivity index (χ2v) is 5.93. The molecule has 2 aromatic carbocycles. The molecule has 116 valence electrons. The average molecular weight is 310 g/mol. The Labute approximate surface area is 134 Å². The zero-order chi connectivity index (χ0) is 15.9. The van der Waals surface area contributed by atoms with Gasteiger partial charge in [0.1, 0.15) is 5.82 Å². The number of ether oxygens (including phenoxy) is 3. The lowest BCUT2D eigenvalue weighted by Crippen LogP contribution is -2.60. The fourth-order valence-electron chi connectivity index (χ4n) is 3.04. The van der Waals surface area contributed by atoms with E-state index in [9.17, 15) is 4.39 Å². The Morgan fingerprint density at radius 1 is 0.913 bits per heavy atom. The van der Waals surface area contributed by atoms with Crippen LogP contribution in [0.15, 0.2) is 48.5 Å². The smallest absolute Gasteiger partial charge is 0.312 e. The van der Waals surface area contributed by atoms with Crippen molar-refractivity contribution in [3.63, 3.8) is 0 Å². The molecule has 23 heavy (non-hydrogen) atoms. The van der Waals surface area contributed by atoms with Gasteiger partial charge in [0.05, 0.1) is 25.2 Å². The van der Waals surface area contributed by atoms with Crippen LogP contribution in [0.3, 0.4) is 0 Å². The van der Waals surface area contributed by atoms with Crippen molar-refractivity contribution in [2.24, 2.45) is 0 Å².